The SMILES string of the molecule is CC/C=C\C/C=C\C/C=C\C/C=C\C/C=C\CCCCCC(=O)OCC(COP(=O)(O)OCC(O)COP(=O)(O)OCC(COC(=O)CCCCCCCC/C=C\C/C=C\C/C=C\C/C=C\CC)OC(=O)CCCCCCCC/C=C\C/C=C\C/C=C\CCCCC)OC(=O)CCCCCCC/C=C\CCCC. The Labute approximate surface area is 655 Å². The molecule has 3 N–H and O–H groups in total. The molecule has 19 heteroatoms. The summed E-state index contributed by atoms with van der Waals surface area (Å²) in [5.41, 5.74) is 0. The van der Waals surface area contributed by atoms with Crippen molar-refractivity contribution in [3.05, 3.63) is 158 Å². The third kappa shape index (κ3) is 78.8. The van der Waals surface area contributed by atoms with Crippen LogP contribution in [0.2, 0.25) is 0 Å². The second kappa shape index (κ2) is 79.8. The molecule has 0 heterocycles. The highest BCUT2D eigenvalue weighted by Crippen LogP contribution is 2.45. The van der Waals surface area contributed by atoms with Gasteiger partial charge in [-0.2, -0.15) is 0 Å². The van der Waals surface area contributed by atoms with Crippen LogP contribution in [0.25, 0.3) is 0 Å². The molecule has 5 unspecified atom stereocenters. The van der Waals surface area contributed by atoms with Crippen LogP contribution in [0.15, 0.2) is 158 Å². The van der Waals surface area contributed by atoms with Crippen molar-refractivity contribution in [2.75, 3.05) is 39.6 Å². The summed E-state index contributed by atoms with van der Waals surface area (Å²) < 4.78 is 68.7. The van der Waals surface area contributed by atoms with Gasteiger partial charge in [-0.05, 0) is 167 Å². The van der Waals surface area contributed by atoms with Gasteiger partial charge in [0.2, 0.25) is 0 Å². The van der Waals surface area contributed by atoms with Gasteiger partial charge in [-0.15, -0.1) is 0 Å². The number of rotatable bonds is 77. The van der Waals surface area contributed by atoms with Crippen molar-refractivity contribution >= 4 is 39.5 Å². The number of unbranched alkanes of at least 4 members (excludes halogenated alkanes) is 25. The number of hydrogen-bond acceptors (Lipinski definition) is 15. The van der Waals surface area contributed by atoms with E-state index in [0.29, 0.717) is 25.7 Å². The first kappa shape index (κ1) is 103. The monoisotopic (exact) mass is 1550 g/mol. The fourth-order valence-electron chi connectivity index (χ4n) is 10.6. The predicted octanol–water partition coefficient (Wildman–Crippen LogP) is 24.8. The van der Waals surface area contributed by atoms with Gasteiger partial charge in [0.15, 0.2) is 12.2 Å². The van der Waals surface area contributed by atoms with Crippen LogP contribution in [0, 0.1) is 0 Å². The van der Waals surface area contributed by atoms with Gasteiger partial charge in [-0.1, -0.05) is 288 Å². The number of esters is 4. The molecular weight excluding hydrogens is 1400 g/mol. The van der Waals surface area contributed by atoms with Crippen molar-refractivity contribution in [3.8, 4) is 0 Å². The number of ether oxygens (including phenoxy) is 4. The van der Waals surface area contributed by atoms with E-state index in [0.717, 1.165) is 212 Å². The van der Waals surface area contributed by atoms with Crippen LogP contribution < -0.4 is 0 Å². The Morgan fingerprint density at radius 3 is 0.787 bits per heavy atom. The van der Waals surface area contributed by atoms with Gasteiger partial charge in [0.1, 0.15) is 19.3 Å². The highest BCUT2D eigenvalue weighted by atomic mass is 31.2. The van der Waals surface area contributed by atoms with E-state index < -0.39 is 97.5 Å². The van der Waals surface area contributed by atoms with Crippen LogP contribution in [0.5, 0.6) is 0 Å². The van der Waals surface area contributed by atoms with E-state index in [4.69, 9.17) is 37.0 Å². The summed E-state index contributed by atoms with van der Waals surface area (Å²) in [7, 11) is -9.99. The lowest BCUT2D eigenvalue weighted by molar-refractivity contribution is -0.161. The minimum absolute atomic E-state index is 0.0717. The van der Waals surface area contributed by atoms with E-state index in [9.17, 15) is 43.2 Å². The van der Waals surface area contributed by atoms with E-state index >= 15 is 0 Å². The number of aliphatic hydroxyl groups is 1. The van der Waals surface area contributed by atoms with Crippen molar-refractivity contribution < 1.29 is 80.2 Å². The molecule has 0 aliphatic rings. The standard InChI is InChI=1S/C89H148O17P2/c1-5-9-13-17-21-25-29-32-35-38-41-44-47-50-54-57-61-65-69-73-86(91)99-79-84(105-88(93)75-71-67-63-59-53-28-24-20-16-12-8-4)81-103-107(95,96)101-77-83(90)78-102-108(97,98)104-82-85(106-89(94)76-72-68-64-60-56-52-49-46-43-40-37-34-31-27-23-19-15-11-7-3)80-100-87(92)74-70-66-62-58-55-51-48-45-42-39-36-33-30-26-22-18-14-10-6-2/h9-10,13-14,20-27,32-37,41-46,50,54,83-85,90H,5-8,11-12,15-19,28-31,38-40,47-49,51-53,55-82H2,1-4H3,(H,95,96)(H,97,98)/b13-9-,14-10-,24-20-,25-21-,26-22-,27-23-,35-32-,36-33-,37-34-,44-41-,45-42-,46-43-,54-50-. The number of phosphoric acid groups is 2. The van der Waals surface area contributed by atoms with Gasteiger partial charge in [-0.3, -0.25) is 37.3 Å². The molecule has 0 aromatic rings. The zero-order valence-corrected chi connectivity index (χ0v) is 69.3. The van der Waals surface area contributed by atoms with Gasteiger partial charge >= 0.3 is 39.5 Å². The van der Waals surface area contributed by atoms with E-state index in [1.807, 2.05) is 0 Å². The summed E-state index contributed by atoms with van der Waals surface area (Å²) in [5, 5.41) is 10.7. The molecule has 5 atom stereocenters. The minimum Gasteiger partial charge on any atom is -0.462 e. The molecule has 108 heavy (non-hydrogen) atoms. The Bertz CT molecular complexity index is 2660. The lowest BCUT2D eigenvalue weighted by Gasteiger charge is -2.21. The molecule has 0 saturated heterocycles. The van der Waals surface area contributed by atoms with Gasteiger partial charge < -0.3 is 33.8 Å². The Morgan fingerprint density at radius 1 is 0.269 bits per heavy atom. The van der Waals surface area contributed by atoms with Gasteiger partial charge in [0.25, 0.3) is 0 Å². The first-order chi connectivity index (χ1) is 52.7. The molecule has 0 radical (unpaired) electrons. The predicted molar refractivity (Wildman–Crippen MR) is 445 cm³/mol. The fourth-order valence-corrected chi connectivity index (χ4v) is 12.2. The van der Waals surface area contributed by atoms with Crippen molar-refractivity contribution in [2.24, 2.45) is 0 Å². The third-order valence-electron chi connectivity index (χ3n) is 17.0. The van der Waals surface area contributed by atoms with E-state index in [1.54, 1.807) is 0 Å². The van der Waals surface area contributed by atoms with Crippen LogP contribution in [0.1, 0.15) is 323 Å². The van der Waals surface area contributed by atoms with E-state index in [-0.39, 0.29) is 25.7 Å². The average Bonchev–Trinajstić information content (AvgIpc) is 0.899. The maximum atomic E-state index is 13.1. The number of phosphoric ester groups is 2. The molecule has 0 aliphatic heterocycles. The first-order valence-corrected chi connectivity index (χ1v) is 44.7. The number of carbonyl (C=O) groups excluding carboxylic acids is 4. The highest BCUT2D eigenvalue weighted by molar-refractivity contribution is 7.47. The number of allylic oxidation sites excluding steroid dienone is 26. The smallest absolute Gasteiger partial charge is 0.462 e. The molecule has 0 saturated carbocycles. The van der Waals surface area contributed by atoms with Crippen LogP contribution in [-0.4, -0.2) is 96.7 Å². The second-order valence-corrected chi connectivity index (χ2v) is 30.2. The largest absolute Gasteiger partial charge is 0.472 e. The quantitative estimate of drug-likeness (QED) is 0.0169. The lowest BCUT2D eigenvalue weighted by atomic mass is 10.1. The highest BCUT2D eigenvalue weighted by Gasteiger charge is 2.30. The minimum atomic E-state index is -5.00. The molecule has 0 aromatic heterocycles. The molecule has 616 valence electrons. The normalized spacial score (nSPS) is 14.6. The summed E-state index contributed by atoms with van der Waals surface area (Å²) >= 11 is 0. The number of hydrogen-bond donors (Lipinski definition) is 3. The Kier molecular flexibility index (Phi) is 75.8. The summed E-state index contributed by atoms with van der Waals surface area (Å²) in [6.45, 7) is 4.51. The molecule has 0 amide bonds. The van der Waals surface area contributed by atoms with Crippen LogP contribution >= 0.6 is 15.6 Å². The lowest BCUT2D eigenvalue weighted by Crippen LogP contribution is -2.30. The molecule has 0 aromatic carbocycles. The van der Waals surface area contributed by atoms with Gasteiger partial charge in [0, 0.05) is 25.7 Å². The Balaban J connectivity index is 5.40. The van der Waals surface area contributed by atoms with Crippen LogP contribution in [0.3, 0.4) is 0 Å². The fraction of sp³-hybridized carbons (Fsp3) is 0.663. The van der Waals surface area contributed by atoms with E-state index in [2.05, 4.69) is 186 Å². The summed E-state index contributed by atoms with van der Waals surface area (Å²) in [6.07, 6.45) is 93.5. The number of aliphatic hydroxyl groups excluding tert-OH is 1. The van der Waals surface area contributed by atoms with Crippen molar-refractivity contribution in [3.63, 3.8) is 0 Å². The topological polar surface area (TPSA) is 237 Å². The zero-order chi connectivity index (χ0) is 78.9. The Morgan fingerprint density at radius 2 is 0.491 bits per heavy atom. The molecule has 0 spiro atoms. The molecule has 0 rings (SSSR count). The molecule has 17 nitrogen and oxygen atoms in total. The van der Waals surface area contributed by atoms with E-state index in [1.165, 1.54) is 32.1 Å². The summed E-state index contributed by atoms with van der Waals surface area (Å²) in [6, 6.07) is 0. The summed E-state index contributed by atoms with van der Waals surface area (Å²) in [4.78, 5) is 73.1. The van der Waals surface area contributed by atoms with Crippen molar-refractivity contribution in [1.29, 1.82) is 0 Å². The average molecular weight is 1550 g/mol. The number of carbonyl (C=O) groups is 4. The van der Waals surface area contributed by atoms with Crippen LogP contribution in [-0.2, 0) is 65.4 Å². The maximum absolute atomic E-state index is 13.1. The van der Waals surface area contributed by atoms with Crippen molar-refractivity contribution in [1.82, 2.24) is 0 Å². The molecular formula is C89H148O17P2. The summed E-state index contributed by atoms with van der Waals surface area (Å²) in [5.74, 6) is -2.25. The van der Waals surface area contributed by atoms with Crippen LogP contribution in [0.4, 0.5) is 0 Å². The molecule has 0 fully saturated rings. The second-order valence-electron chi connectivity index (χ2n) is 27.3. The Hall–Kier alpha value is -5.32. The zero-order valence-electron chi connectivity index (χ0n) is 67.5. The first-order valence-electron chi connectivity index (χ1n) is 41.7. The maximum Gasteiger partial charge on any atom is 0.472 e. The molecule has 0 bridgehead atoms. The van der Waals surface area contributed by atoms with Gasteiger partial charge in [0.05, 0.1) is 26.4 Å². The molecule has 0 aliphatic carbocycles. The van der Waals surface area contributed by atoms with Gasteiger partial charge in [-0.25, -0.2) is 9.13 Å². The van der Waals surface area contributed by atoms with Crippen molar-refractivity contribution in [2.45, 2.75) is 341 Å². The third-order valence-corrected chi connectivity index (χ3v) is 18.9.